The van der Waals surface area contributed by atoms with Gasteiger partial charge in [-0.1, -0.05) is 0 Å². The second-order valence-corrected chi connectivity index (χ2v) is 6.87. The number of halogens is 1. The number of rotatable bonds is 9. The molecule has 166 valence electrons. The van der Waals surface area contributed by atoms with E-state index >= 15 is 0 Å². The van der Waals surface area contributed by atoms with Gasteiger partial charge in [0.25, 0.3) is 5.91 Å². The van der Waals surface area contributed by atoms with Crippen molar-refractivity contribution in [3.05, 3.63) is 65.1 Å². The molecule has 3 aromatic rings. The first-order chi connectivity index (χ1) is 15.5. The number of amides is 1. The number of aryl methyl sites for hydroxylation is 1. The topological polar surface area (TPSA) is 115 Å². The van der Waals surface area contributed by atoms with Crippen LogP contribution in [-0.2, 0) is 6.42 Å². The van der Waals surface area contributed by atoms with E-state index in [1.54, 1.807) is 18.2 Å². The largest absolute Gasteiger partial charge is 0.493 e. The summed E-state index contributed by atoms with van der Waals surface area (Å²) < 4.78 is 25.3. The molecule has 3 N–H and O–H groups in total. The zero-order valence-electron chi connectivity index (χ0n) is 17.9. The Balaban J connectivity index is 1.62. The van der Waals surface area contributed by atoms with Crippen molar-refractivity contribution in [1.29, 1.82) is 5.26 Å². The third-order valence-corrected chi connectivity index (χ3v) is 4.78. The highest BCUT2D eigenvalue weighted by Crippen LogP contribution is 2.28. The number of nitrogens with two attached hydrogens (primary N) is 1. The lowest BCUT2D eigenvalue weighted by Gasteiger charge is -2.11. The van der Waals surface area contributed by atoms with Gasteiger partial charge in [0, 0.05) is 12.1 Å². The van der Waals surface area contributed by atoms with Gasteiger partial charge < -0.3 is 20.5 Å². The first-order valence-electron chi connectivity index (χ1n) is 10.1. The van der Waals surface area contributed by atoms with E-state index in [0.717, 1.165) is 0 Å². The summed E-state index contributed by atoms with van der Waals surface area (Å²) in [5.74, 6) is 0.633. The lowest BCUT2D eigenvalue weighted by molar-refractivity contribution is 0.0952. The van der Waals surface area contributed by atoms with Crippen LogP contribution in [0.1, 0.15) is 35.0 Å². The van der Waals surface area contributed by atoms with Crippen LogP contribution in [-0.4, -0.2) is 35.9 Å². The summed E-state index contributed by atoms with van der Waals surface area (Å²) in [6.07, 6.45) is 0.989. The molecule has 0 radical (unpaired) electrons. The highest BCUT2D eigenvalue weighted by atomic mass is 19.1. The fourth-order valence-electron chi connectivity index (χ4n) is 3.20. The third-order valence-electron chi connectivity index (χ3n) is 4.78. The molecule has 0 saturated heterocycles. The van der Waals surface area contributed by atoms with E-state index in [9.17, 15) is 14.4 Å². The molecule has 0 aliphatic rings. The van der Waals surface area contributed by atoms with Crippen LogP contribution in [0.5, 0.6) is 11.5 Å². The molecule has 1 aromatic heterocycles. The monoisotopic (exact) mass is 437 g/mol. The van der Waals surface area contributed by atoms with Crippen molar-refractivity contribution < 1.29 is 18.7 Å². The summed E-state index contributed by atoms with van der Waals surface area (Å²) in [5, 5.41) is 16.7. The molecule has 8 nitrogen and oxygen atoms in total. The Morgan fingerprint density at radius 1 is 1.25 bits per heavy atom. The minimum atomic E-state index is -0.374. The Labute approximate surface area is 185 Å². The molecule has 3 rings (SSSR count). The quantitative estimate of drug-likeness (QED) is 0.497. The van der Waals surface area contributed by atoms with E-state index in [-0.39, 0.29) is 23.1 Å². The number of nitrogen functional groups attached to an aromatic ring is 1. The zero-order valence-corrected chi connectivity index (χ0v) is 17.9. The third kappa shape index (κ3) is 4.98. The van der Waals surface area contributed by atoms with E-state index in [1.165, 1.54) is 36.1 Å². The Morgan fingerprint density at radius 2 is 2.00 bits per heavy atom. The van der Waals surface area contributed by atoms with Gasteiger partial charge in [-0.3, -0.25) is 4.79 Å². The molecule has 0 aliphatic carbocycles. The maximum atomic E-state index is 13.2. The van der Waals surface area contributed by atoms with Gasteiger partial charge in [0.15, 0.2) is 11.5 Å². The second kappa shape index (κ2) is 10.3. The first-order valence-corrected chi connectivity index (χ1v) is 10.1. The summed E-state index contributed by atoms with van der Waals surface area (Å²) in [4.78, 5) is 12.5. The molecule has 1 heterocycles. The van der Waals surface area contributed by atoms with Crippen LogP contribution in [0.3, 0.4) is 0 Å². The molecule has 2 aromatic carbocycles. The van der Waals surface area contributed by atoms with Crippen molar-refractivity contribution in [1.82, 2.24) is 15.1 Å². The van der Waals surface area contributed by atoms with Crippen LogP contribution in [0.2, 0.25) is 0 Å². The number of nitrogens with one attached hydrogen (secondary N) is 1. The van der Waals surface area contributed by atoms with Gasteiger partial charge in [-0.05, 0) is 62.2 Å². The number of carbonyl (C=O) groups is 1. The average molecular weight is 437 g/mol. The SMILES string of the molecule is CCOc1ccc(C(=O)NCCCc2nn(-c3ccc(F)cc3)c(N)c2C#N)cc1OC. The lowest BCUT2D eigenvalue weighted by Crippen LogP contribution is -2.24. The van der Waals surface area contributed by atoms with E-state index in [4.69, 9.17) is 15.2 Å². The van der Waals surface area contributed by atoms with Crippen LogP contribution in [0, 0.1) is 17.1 Å². The van der Waals surface area contributed by atoms with Crippen LogP contribution < -0.4 is 20.5 Å². The highest BCUT2D eigenvalue weighted by molar-refractivity contribution is 5.94. The van der Waals surface area contributed by atoms with Crippen molar-refractivity contribution in [2.24, 2.45) is 0 Å². The summed E-state index contributed by atoms with van der Waals surface area (Å²) in [5.41, 5.74) is 7.87. The maximum Gasteiger partial charge on any atom is 0.251 e. The molecule has 0 spiro atoms. The average Bonchev–Trinajstić information content (AvgIpc) is 3.12. The van der Waals surface area contributed by atoms with Crippen molar-refractivity contribution >= 4 is 11.7 Å². The Hall–Kier alpha value is -4.06. The Kier molecular flexibility index (Phi) is 7.29. The molecular weight excluding hydrogens is 413 g/mol. The molecule has 0 saturated carbocycles. The molecule has 0 atom stereocenters. The summed E-state index contributed by atoms with van der Waals surface area (Å²) in [6, 6.07) is 12.7. The predicted octanol–water partition coefficient (Wildman–Crippen LogP) is 3.24. The molecule has 9 heteroatoms. The molecule has 0 aliphatic heterocycles. The van der Waals surface area contributed by atoms with Crippen molar-refractivity contribution in [3.63, 3.8) is 0 Å². The van der Waals surface area contributed by atoms with Crippen molar-refractivity contribution in [2.75, 3.05) is 26.0 Å². The van der Waals surface area contributed by atoms with Crippen LogP contribution in [0.4, 0.5) is 10.2 Å². The number of benzene rings is 2. The maximum absolute atomic E-state index is 13.2. The number of methoxy groups -OCH3 is 1. The smallest absolute Gasteiger partial charge is 0.251 e. The van der Waals surface area contributed by atoms with Gasteiger partial charge >= 0.3 is 0 Å². The normalized spacial score (nSPS) is 10.4. The number of anilines is 1. The van der Waals surface area contributed by atoms with E-state index in [1.807, 2.05) is 6.92 Å². The number of nitrogens with zero attached hydrogens (tertiary/aromatic N) is 3. The predicted molar refractivity (Wildman–Crippen MR) is 117 cm³/mol. The molecule has 0 bridgehead atoms. The molecule has 0 unspecified atom stereocenters. The summed E-state index contributed by atoms with van der Waals surface area (Å²) >= 11 is 0. The lowest BCUT2D eigenvalue weighted by atomic mass is 10.1. The fraction of sp³-hybridized carbons (Fsp3) is 0.261. The number of hydrogen-bond acceptors (Lipinski definition) is 6. The summed E-state index contributed by atoms with van der Waals surface area (Å²) in [7, 11) is 1.52. The fourth-order valence-corrected chi connectivity index (χ4v) is 3.20. The van der Waals surface area contributed by atoms with Gasteiger partial charge in [-0.15, -0.1) is 0 Å². The molecular formula is C23H24FN5O3. The summed E-state index contributed by atoms with van der Waals surface area (Å²) in [6.45, 7) is 2.74. The number of hydrogen-bond donors (Lipinski definition) is 2. The number of nitriles is 1. The highest BCUT2D eigenvalue weighted by Gasteiger charge is 2.17. The molecule has 1 amide bonds. The van der Waals surface area contributed by atoms with Crippen LogP contribution in [0.25, 0.3) is 5.69 Å². The van der Waals surface area contributed by atoms with Gasteiger partial charge in [0.2, 0.25) is 0 Å². The van der Waals surface area contributed by atoms with Crippen LogP contribution in [0.15, 0.2) is 42.5 Å². The second-order valence-electron chi connectivity index (χ2n) is 6.87. The van der Waals surface area contributed by atoms with E-state index in [0.29, 0.717) is 54.4 Å². The number of aromatic nitrogens is 2. The van der Waals surface area contributed by atoms with Gasteiger partial charge in [-0.2, -0.15) is 10.4 Å². The Bertz CT molecular complexity index is 1140. The van der Waals surface area contributed by atoms with E-state index in [2.05, 4.69) is 16.5 Å². The molecule has 0 fully saturated rings. The van der Waals surface area contributed by atoms with Crippen molar-refractivity contribution in [2.45, 2.75) is 19.8 Å². The van der Waals surface area contributed by atoms with E-state index < -0.39 is 0 Å². The van der Waals surface area contributed by atoms with Gasteiger partial charge in [-0.25, -0.2) is 9.07 Å². The standard InChI is InChI=1S/C23H24FN5O3/c1-3-32-20-11-6-15(13-21(20)31-2)23(30)27-12-4-5-19-18(14-25)22(26)29(28-19)17-9-7-16(24)8-10-17/h6-11,13H,3-5,12,26H2,1-2H3,(H,27,30). The number of carbonyl (C=O) groups excluding carboxylic acids is 1. The van der Waals surface area contributed by atoms with Crippen molar-refractivity contribution in [3.8, 4) is 23.3 Å². The number of ether oxygens (including phenoxy) is 2. The minimum absolute atomic E-state index is 0.194. The Morgan fingerprint density at radius 3 is 2.66 bits per heavy atom. The molecule has 32 heavy (non-hydrogen) atoms. The van der Waals surface area contributed by atoms with Crippen LogP contribution >= 0.6 is 0 Å². The zero-order chi connectivity index (χ0) is 23.1. The van der Waals surface area contributed by atoms with Gasteiger partial charge in [0.1, 0.15) is 23.3 Å². The minimum Gasteiger partial charge on any atom is -0.493 e. The first kappa shape index (κ1) is 22.6. The van der Waals surface area contributed by atoms with Gasteiger partial charge in [0.05, 0.1) is 25.1 Å².